The Labute approximate surface area is 200 Å². The molecule has 0 N–H and O–H groups in total. The summed E-state index contributed by atoms with van der Waals surface area (Å²) in [7, 11) is 0. The molecule has 0 bridgehead atoms. The molecule has 3 aromatic rings. The van der Waals surface area contributed by atoms with Gasteiger partial charge in [-0.2, -0.15) is 9.78 Å². The fraction of sp³-hybridized carbons (Fsp3) is 0.375. The van der Waals surface area contributed by atoms with Gasteiger partial charge in [0.1, 0.15) is 5.82 Å². The van der Waals surface area contributed by atoms with E-state index >= 15 is 0 Å². The average Bonchev–Trinajstić information content (AvgIpc) is 2.76. The zero-order valence-corrected chi connectivity index (χ0v) is 20.9. The van der Waals surface area contributed by atoms with Crippen LogP contribution < -0.4 is 10.3 Å². The Morgan fingerprint density at radius 1 is 1.27 bits per heavy atom. The van der Waals surface area contributed by atoms with Gasteiger partial charge < -0.3 is 4.74 Å². The zero-order chi connectivity index (χ0) is 24.3. The fourth-order valence-corrected chi connectivity index (χ4v) is 3.44. The van der Waals surface area contributed by atoms with Crippen LogP contribution in [0.15, 0.2) is 50.8 Å². The summed E-state index contributed by atoms with van der Waals surface area (Å²) in [5.74, 6) is 0.723. The van der Waals surface area contributed by atoms with Crippen LogP contribution in [0.4, 0.5) is 5.69 Å². The molecule has 0 fully saturated rings. The summed E-state index contributed by atoms with van der Waals surface area (Å²) in [6.45, 7) is 10.3. The normalized spacial score (nSPS) is 12.9. The van der Waals surface area contributed by atoms with Crippen LogP contribution in [0.25, 0.3) is 10.9 Å². The standard InChI is InChI=1S/C24H27BrN4O4/c1-6-15(2)22-27-19-9-8-17(25)12-18(19)23(30)28(22)26-13-16-7-10-21(20(11-16)29(31)32)33-14-24(3,4)5/h7-13,15H,6,14H2,1-5H3/t15-/m1/s1. The maximum absolute atomic E-state index is 13.2. The summed E-state index contributed by atoms with van der Waals surface area (Å²) in [5.41, 5.74) is 0.479. The van der Waals surface area contributed by atoms with E-state index in [4.69, 9.17) is 4.74 Å². The van der Waals surface area contributed by atoms with E-state index < -0.39 is 4.92 Å². The highest BCUT2D eigenvalue weighted by molar-refractivity contribution is 9.10. The zero-order valence-electron chi connectivity index (χ0n) is 19.3. The van der Waals surface area contributed by atoms with Crippen molar-refractivity contribution in [1.82, 2.24) is 9.66 Å². The van der Waals surface area contributed by atoms with Crippen molar-refractivity contribution in [2.45, 2.75) is 47.0 Å². The SMILES string of the molecule is CC[C@@H](C)c1nc2ccc(Br)cc2c(=O)n1N=Cc1ccc(OCC(C)(C)C)c([N+](=O)[O-])c1. The van der Waals surface area contributed by atoms with Gasteiger partial charge in [-0.15, -0.1) is 0 Å². The smallest absolute Gasteiger partial charge is 0.311 e. The minimum atomic E-state index is -0.485. The van der Waals surface area contributed by atoms with Crippen molar-refractivity contribution in [2.75, 3.05) is 6.61 Å². The van der Waals surface area contributed by atoms with E-state index in [1.54, 1.807) is 24.3 Å². The van der Waals surface area contributed by atoms with Crippen molar-refractivity contribution >= 4 is 38.7 Å². The highest BCUT2D eigenvalue weighted by Crippen LogP contribution is 2.29. The second kappa shape index (κ2) is 9.82. The van der Waals surface area contributed by atoms with Crippen molar-refractivity contribution in [2.24, 2.45) is 10.5 Å². The Morgan fingerprint density at radius 3 is 2.64 bits per heavy atom. The Hall–Kier alpha value is -3.07. The first-order valence-electron chi connectivity index (χ1n) is 10.7. The highest BCUT2D eigenvalue weighted by atomic mass is 79.9. The number of nitrogens with zero attached hydrogens (tertiary/aromatic N) is 4. The minimum Gasteiger partial charge on any atom is -0.486 e. The molecule has 0 spiro atoms. The van der Waals surface area contributed by atoms with Crippen LogP contribution in [-0.4, -0.2) is 27.4 Å². The molecule has 1 atom stereocenters. The second-order valence-corrected chi connectivity index (χ2v) is 10.1. The molecule has 0 aliphatic heterocycles. The van der Waals surface area contributed by atoms with E-state index in [0.717, 1.165) is 10.9 Å². The van der Waals surface area contributed by atoms with E-state index in [1.807, 2.05) is 40.7 Å². The van der Waals surface area contributed by atoms with E-state index in [9.17, 15) is 14.9 Å². The minimum absolute atomic E-state index is 0.00888. The van der Waals surface area contributed by atoms with Gasteiger partial charge in [0.05, 0.1) is 28.6 Å². The van der Waals surface area contributed by atoms with Crippen LogP contribution in [0.3, 0.4) is 0 Å². The Balaban J connectivity index is 2.06. The molecule has 0 unspecified atom stereocenters. The summed E-state index contributed by atoms with van der Waals surface area (Å²) >= 11 is 3.39. The summed E-state index contributed by atoms with van der Waals surface area (Å²) in [4.78, 5) is 29.0. The van der Waals surface area contributed by atoms with Crippen molar-refractivity contribution in [3.63, 3.8) is 0 Å². The third kappa shape index (κ3) is 5.84. The van der Waals surface area contributed by atoms with Crippen molar-refractivity contribution in [1.29, 1.82) is 0 Å². The number of rotatable bonds is 7. The van der Waals surface area contributed by atoms with E-state index in [-0.39, 0.29) is 28.3 Å². The van der Waals surface area contributed by atoms with Gasteiger partial charge in [0.15, 0.2) is 5.75 Å². The molecule has 8 nitrogen and oxygen atoms in total. The van der Waals surface area contributed by atoms with Crippen LogP contribution in [0, 0.1) is 15.5 Å². The molecular formula is C24H27BrN4O4. The van der Waals surface area contributed by atoms with Crippen LogP contribution in [0.1, 0.15) is 58.3 Å². The first kappa shape index (κ1) is 24.6. The number of benzene rings is 2. The van der Waals surface area contributed by atoms with Crippen LogP contribution in [0.2, 0.25) is 0 Å². The summed E-state index contributed by atoms with van der Waals surface area (Å²) in [6.07, 6.45) is 2.20. The lowest BCUT2D eigenvalue weighted by Crippen LogP contribution is -2.23. The van der Waals surface area contributed by atoms with Gasteiger partial charge in [0.2, 0.25) is 0 Å². The number of fused-ring (bicyclic) bond motifs is 1. The second-order valence-electron chi connectivity index (χ2n) is 9.14. The monoisotopic (exact) mass is 514 g/mol. The fourth-order valence-electron chi connectivity index (χ4n) is 3.08. The van der Waals surface area contributed by atoms with Gasteiger partial charge in [-0.25, -0.2) is 4.98 Å². The molecule has 0 amide bonds. The van der Waals surface area contributed by atoms with Crippen molar-refractivity contribution in [3.8, 4) is 5.75 Å². The lowest BCUT2D eigenvalue weighted by atomic mass is 9.99. The molecule has 33 heavy (non-hydrogen) atoms. The Kier molecular flexibility index (Phi) is 7.31. The first-order valence-corrected chi connectivity index (χ1v) is 11.5. The molecule has 3 rings (SSSR count). The number of nitro groups is 1. The molecular weight excluding hydrogens is 488 g/mol. The number of aromatic nitrogens is 2. The lowest BCUT2D eigenvalue weighted by molar-refractivity contribution is -0.386. The van der Waals surface area contributed by atoms with Gasteiger partial charge in [0, 0.05) is 22.0 Å². The number of halogens is 1. The van der Waals surface area contributed by atoms with E-state index in [1.165, 1.54) is 17.0 Å². The van der Waals surface area contributed by atoms with Crippen LogP contribution >= 0.6 is 15.9 Å². The molecule has 0 aliphatic rings. The Morgan fingerprint density at radius 2 is 2.00 bits per heavy atom. The molecule has 0 saturated carbocycles. The van der Waals surface area contributed by atoms with Crippen molar-refractivity contribution < 1.29 is 9.66 Å². The van der Waals surface area contributed by atoms with Crippen LogP contribution in [-0.2, 0) is 0 Å². The molecule has 1 heterocycles. The van der Waals surface area contributed by atoms with Gasteiger partial charge in [-0.05, 0) is 42.2 Å². The van der Waals surface area contributed by atoms with Gasteiger partial charge in [0.25, 0.3) is 5.56 Å². The molecule has 0 saturated heterocycles. The predicted molar refractivity (Wildman–Crippen MR) is 133 cm³/mol. The maximum atomic E-state index is 13.2. The van der Waals surface area contributed by atoms with E-state index in [0.29, 0.717) is 28.9 Å². The topological polar surface area (TPSA) is 99.6 Å². The number of ether oxygens (including phenoxy) is 1. The predicted octanol–water partition coefficient (Wildman–Crippen LogP) is 5.89. The van der Waals surface area contributed by atoms with Crippen molar-refractivity contribution in [3.05, 3.63) is 72.7 Å². The highest BCUT2D eigenvalue weighted by Gasteiger charge is 2.19. The first-order chi connectivity index (χ1) is 15.5. The average molecular weight is 515 g/mol. The van der Waals surface area contributed by atoms with Gasteiger partial charge in [-0.1, -0.05) is 50.5 Å². The lowest BCUT2D eigenvalue weighted by Gasteiger charge is -2.18. The van der Waals surface area contributed by atoms with Gasteiger partial charge >= 0.3 is 5.69 Å². The molecule has 174 valence electrons. The third-order valence-corrected chi connectivity index (χ3v) is 5.54. The molecule has 0 radical (unpaired) electrons. The van der Waals surface area contributed by atoms with Crippen LogP contribution in [0.5, 0.6) is 5.75 Å². The molecule has 2 aromatic carbocycles. The quantitative estimate of drug-likeness (QED) is 0.222. The van der Waals surface area contributed by atoms with E-state index in [2.05, 4.69) is 26.0 Å². The maximum Gasteiger partial charge on any atom is 0.311 e. The van der Waals surface area contributed by atoms with Gasteiger partial charge in [-0.3, -0.25) is 14.9 Å². The summed E-state index contributed by atoms with van der Waals surface area (Å²) in [6, 6.07) is 9.96. The molecule has 9 heteroatoms. The Bertz CT molecular complexity index is 1280. The third-order valence-electron chi connectivity index (χ3n) is 5.05. The number of hydrogen-bond donors (Lipinski definition) is 0. The molecule has 1 aromatic heterocycles. The number of hydrogen-bond acceptors (Lipinski definition) is 6. The summed E-state index contributed by atoms with van der Waals surface area (Å²) < 4.78 is 7.71. The summed E-state index contributed by atoms with van der Waals surface area (Å²) in [5, 5.41) is 16.4. The molecule has 0 aliphatic carbocycles. The largest absolute Gasteiger partial charge is 0.486 e. The number of nitro benzene ring substituents is 1.